The van der Waals surface area contributed by atoms with Crippen LogP contribution < -0.4 is 6.15 Å². The smallest absolute Gasteiger partial charge is 0.870 e. The van der Waals surface area contributed by atoms with Gasteiger partial charge in [-0.2, -0.15) is 0 Å². The van der Waals surface area contributed by atoms with Crippen LogP contribution in [0.25, 0.3) is 0 Å². The Hall–Kier alpha value is 0.504. The normalized spacial score (nSPS) is 7.25. The molecule has 0 spiro atoms. The monoisotopic (exact) mass is 179 g/mol. The van der Waals surface area contributed by atoms with Crippen LogP contribution in [0.1, 0.15) is 0 Å². The fraction of sp³-hybridized carbons (Fsp3) is 0. The summed E-state index contributed by atoms with van der Waals surface area (Å²) in [7, 11) is -5.17. The van der Waals surface area contributed by atoms with Crippen molar-refractivity contribution in [3.05, 3.63) is 0 Å². The summed E-state index contributed by atoms with van der Waals surface area (Å²) in [6, 6.07) is 0. The second-order valence-electron chi connectivity index (χ2n) is 0.408. The first-order chi connectivity index (χ1) is 2.00. The van der Waals surface area contributed by atoms with Crippen LogP contribution in [0.4, 0.5) is 0 Å². The van der Waals surface area contributed by atoms with Gasteiger partial charge in [-0.25, -0.2) is 0 Å². The van der Waals surface area contributed by atoms with Crippen molar-refractivity contribution in [2.75, 3.05) is 0 Å². The molecule has 0 aromatic heterocycles. The molecule has 0 aromatic carbocycles. The van der Waals surface area contributed by atoms with E-state index in [0.717, 1.165) is 0 Å². The van der Waals surface area contributed by atoms with E-state index in [1.807, 2.05) is 0 Å². The molecule has 0 amide bonds. The van der Waals surface area contributed by atoms with Gasteiger partial charge in [0.1, 0.15) is 0 Å². The minimum absolute atomic E-state index is 0. The van der Waals surface area contributed by atoms with Gasteiger partial charge in [-0.1, -0.05) is 0 Å². The van der Waals surface area contributed by atoms with E-state index in [-0.39, 0.29) is 33.3 Å². The van der Waals surface area contributed by atoms with E-state index in [4.69, 9.17) is 17.5 Å². The molecule has 0 atom stereocenters. The van der Waals surface area contributed by atoms with Crippen molar-refractivity contribution in [1.29, 1.82) is 0 Å². The molecule has 0 aromatic rings. The first-order valence-corrected chi connectivity index (χ1v) is 2.00. The number of rotatable bonds is 0. The summed E-state index contributed by atoms with van der Waals surface area (Å²) >= 11 is 0. The fourth-order valence-electron chi connectivity index (χ4n) is 0. The predicted molar refractivity (Wildman–Crippen MR) is 18.4 cm³/mol. The number of hydrogen-bond acceptors (Lipinski definition) is 5. The molecule has 5 N–H and O–H groups in total. The zero-order valence-electron chi connectivity index (χ0n) is 3.99. The molecule has 0 radical (unpaired) electrons. The largest absolute Gasteiger partial charge is 2.00 e. The van der Waals surface area contributed by atoms with Gasteiger partial charge in [-0.05, 0) is 0 Å². The maximum absolute atomic E-state index is 8.52. The number of quaternary nitrogens is 1. The fourth-order valence-corrected chi connectivity index (χ4v) is 0. The summed E-state index contributed by atoms with van der Waals surface area (Å²) in [5.74, 6) is 0. The van der Waals surface area contributed by atoms with Crippen LogP contribution in [0.2, 0.25) is 0 Å². The second kappa shape index (κ2) is 7.50. The van der Waals surface area contributed by atoms with E-state index < -0.39 is 10.4 Å². The quantitative estimate of drug-likeness (QED) is 0.283. The Morgan fingerprint density at radius 3 is 1.12 bits per heavy atom. The summed E-state index contributed by atoms with van der Waals surface area (Å²) in [5.41, 5.74) is 0. The van der Waals surface area contributed by atoms with Crippen molar-refractivity contribution >= 4 is 10.4 Å². The van der Waals surface area contributed by atoms with E-state index in [0.29, 0.717) is 0 Å². The van der Waals surface area contributed by atoms with E-state index in [1.165, 1.54) is 0 Å². The van der Waals surface area contributed by atoms with Crippen molar-refractivity contribution in [2.24, 2.45) is 0 Å². The predicted octanol–water partition coefficient (Wildman–Crippen LogP) is -1.14. The van der Waals surface area contributed by atoms with Crippen LogP contribution >= 0.6 is 0 Å². The van der Waals surface area contributed by atoms with Crippen molar-refractivity contribution in [2.45, 2.75) is 0 Å². The summed E-state index contributed by atoms with van der Waals surface area (Å²) in [4.78, 5) is 0. The molecule has 6 nitrogen and oxygen atoms in total. The van der Waals surface area contributed by atoms with Crippen molar-refractivity contribution in [1.82, 2.24) is 6.15 Å². The maximum Gasteiger partial charge on any atom is 2.00 e. The van der Waals surface area contributed by atoms with Gasteiger partial charge >= 0.3 is 21.7 Å². The molecule has 0 heterocycles. The van der Waals surface area contributed by atoms with Gasteiger partial charge in [0.15, 0.2) is 0 Å². The van der Waals surface area contributed by atoms with E-state index in [2.05, 4.69) is 0 Å². The van der Waals surface area contributed by atoms with E-state index in [9.17, 15) is 0 Å². The maximum atomic E-state index is 8.52. The average molecular weight is 179 g/mol. The molecule has 0 unspecified atom stereocenters. The van der Waals surface area contributed by atoms with Crippen molar-refractivity contribution in [3.8, 4) is 0 Å². The van der Waals surface area contributed by atoms with Crippen LogP contribution in [0, 0.1) is 0 Å². The minimum atomic E-state index is -5.17. The van der Waals surface area contributed by atoms with Gasteiger partial charge < -0.3 is 20.7 Å². The van der Waals surface area contributed by atoms with E-state index in [1.54, 1.807) is 0 Å². The second-order valence-corrected chi connectivity index (χ2v) is 1.22. The standard InChI is InChI=1S/H3N.H2O4S.H2O.Ti/c;1-5(2,3)4;;/h1H3;(H2,1,2,3,4);1H2;/q;;;+2/p-2. The first kappa shape index (κ1) is 23.6. The van der Waals surface area contributed by atoms with Crippen LogP contribution in [-0.2, 0) is 32.1 Å². The topological polar surface area (TPSA) is 147 Å². The van der Waals surface area contributed by atoms with Crippen molar-refractivity contribution < 1.29 is 44.7 Å². The van der Waals surface area contributed by atoms with Crippen molar-refractivity contribution in [3.63, 3.8) is 0 Å². The van der Waals surface area contributed by atoms with Gasteiger partial charge in [-0.3, -0.25) is 8.42 Å². The molecule has 8 heavy (non-hydrogen) atoms. The third kappa shape index (κ3) is 775. The summed E-state index contributed by atoms with van der Waals surface area (Å²) in [6.45, 7) is 0. The zero-order chi connectivity index (χ0) is 4.50. The van der Waals surface area contributed by atoms with E-state index >= 15 is 0 Å². The Kier molecular flexibility index (Phi) is 22.1. The molecule has 0 bridgehead atoms. The molecule has 0 rings (SSSR count). The molecule has 0 aliphatic rings. The molecule has 0 aliphatic carbocycles. The van der Waals surface area contributed by atoms with Crippen LogP contribution in [0.15, 0.2) is 0 Å². The average Bonchev–Trinajstić information content (AvgIpc) is 0.722. The SMILES string of the molecule is O=S(=O)([O-])[O-].[NH4+].[OH-].[Ti+2]. The van der Waals surface area contributed by atoms with Crippen LogP contribution in [0.3, 0.4) is 0 Å². The van der Waals surface area contributed by atoms with Gasteiger partial charge in [0.05, 0.1) is 0 Å². The van der Waals surface area contributed by atoms with Gasteiger partial charge in [0.2, 0.25) is 0 Å². The zero-order valence-corrected chi connectivity index (χ0v) is 6.37. The molecule has 0 aliphatic heterocycles. The van der Waals surface area contributed by atoms with Gasteiger partial charge in [-0.15, -0.1) is 0 Å². The van der Waals surface area contributed by atoms with Gasteiger partial charge in [0, 0.05) is 10.4 Å². The summed E-state index contributed by atoms with van der Waals surface area (Å²) in [5, 5.41) is 0. The van der Waals surface area contributed by atoms with Gasteiger partial charge in [0.25, 0.3) is 0 Å². The third-order valence-corrected chi connectivity index (χ3v) is 0. The Labute approximate surface area is 61.6 Å². The van der Waals surface area contributed by atoms with Crippen LogP contribution in [0.5, 0.6) is 0 Å². The third-order valence-electron chi connectivity index (χ3n) is 0. The molecule has 0 saturated carbocycles. The molecule has 0 fully saturated rings. The molecular formula is H5NO5STi. The summed E-state index contributed by atoms with van der Waals surface area (Å²) < 4.78 is 34.1. The molecule has 0 saturated heterocycles. The summed E-state index contributed by atoms with van der Waals surface area (Å²) in [6.07, 6.45) is 0. The molecular weight excluding hydrogens is 174 g/mol. The Balaban J connectivity index is -0.0000000267. The minimum Gasteiger partial charge on any atom is -0.870 e. The Morgan fingerprint density at radius 1 is 1.12 bits per heavy atom. The molecule has 8 heteroatoms. The Bertz CT molecular complexity index is 95.6. The first-order valence-electron chi connectivity index (χ1n) is 0.667. The number of hydrogen-bond donors (Lipinski definition) is 1. The molecule has 50 valence electrons. The Morgan fingerprint density at radius 2 is 1.12 bits per heavy atom. The van der Waals surface area contributed by atoms with Crippen LogP contribution in [-0.4, -0.2) is 23.0 Å².